The lowest BCUT2D eigenvalue weighted by Gasteiger charge is -2.04. The Bertz CT molecular complexity index is 581. The molecule has 0 spiro atoms. The number of nitrogens with two attached hydrogens (primary N) is 1. The maximum absolute atomic E-state index is 12.7. The highest BCUT2D eigenvalue weighted by molar-refractivity contribution is 7.81. The van der Waals surface area contributed by atoms with E-state index in [-0.39, 0.29) is 5.82 Å². The van der Waals surface area contributed by atoms with Crippen LogP contribution in [0.3, 0.4) is 0 Å². The van der Waals surface area contributed by atoms with E-state index in [1.807, 2.05) is 6.92 Å². The zero-order valence-electron chi connectivity index (χ0n) is 10.4. The van der Waals surface area contributed by atoms with Crippen molar-refractivity contribution in [2.45, 2.75) is 13.3 Å². The minimum absolute atomic E-state index is 0.274. The number of thiazole rings is 1. The normalized spacial score (nSPS) is 10.4. The third kappa shape index (κ3) is 3.71. The number of thiocarbonyl (C=S) groups is 1. The predicted octanol–water partition coefficient (Wildman–Crippen LogP) is 2.85. The van der Waals surface area contributed by atoms with Crippen molar-refractivity contribution in [1.29, 1.82) is 0 Å². The number of aryl methyl sites for hydroxylation is 1. The minimum Gasteiger partial charge on any atom is -0.493 e. The molecule has 0 unspecified atom stereocenters. The van der Waals surface area contributed by atoms with E-state index in [0.717, 1.165) is 15.6 Å². The molecule has 2 N–H and O–H groups in total. The molecule has 0 aliphatic rings. The summed E-state index contributed by atoms with van der Waals surface area (Å²) in [4.78, 5) is 5.62. The molecule has 6 heteroatoms. The fraction of sp³-hybridized carbons (Fsp3) is 0.231. The number of hydrogen-bond donors (Lipinski definition) is 1. The van der Waals surface area contributed by atoms with Crippen molar-refractivity contribution in [2.75, 3.05) is 6.61 Å². The molecule has 0 amide bonds. The van der Waals surface area contributed by atoms with Gasteiger partial charge in [0, 0.05) is 6.42 Å². The molecule has 2 rings (SSSR count). The molecule has 0 saturated carbocycles. The largest absolute Gasteiger partial charge is 0.493 e. The third-order valence-corrected chi connectivity index (χ3v) is 4.05. The van der Waals surface area contributed by atoms with E-state index >= 15 is 0 Å². The second-order valence-corrected chi connectivity index (χ2v) is 5.46. The van der Waals surface area contributed by atoms with Crippen LogP contribution in [0.5, 0.6) is 5.75 Å². The van der Waals surface area contributed by atoms with E-state index in [1.54, 1.807) is 12.1 Å². The Balaban J connectivity index is 1.90. The van der Waals surface area contributed by atoms with E-state index in [0.29, 0.717) is 23.8 Å². The summed E-state index contributed by atoms with van der Waals surface area (Å²) < 4.78 is 18.2. The first-order valence-corrected chi connectivity index (χ1v) is 6.93. The molecule has 1 heterocycles. The highest BCUT2D eigenvalue weighted by atomic mass is 32.1. The average Bonchev–Trinajstić information content (AvgIpc) is 2.73. The highest BCUT2D eigenvalue weighted by Crippen LogP contribution is 2.19. The smallest absolute Gasteiger partial charge is 0.123 e. The molecular weight excluding hydrogens is 283 g/mol. The molecule has 100 valence electrons. The lowest BCUT2D eigenvalue weighted by molar-refractivity contribution is 0.321. The van der Waals surface area contributed by atoms with E-state index in [1.165, 1.54) is 23.5 Å². The highest BCUT2D eigenvalue weighted by Gasteiger charge is 2.09. The van der Waals surface area contributed by atoms with Crippen LogP contribution < -0.4 is 10.5 Å². The first kappa shape index (κ1) is 13.9. The molecule has 0 fully saturated rings. The van der Waals surface area contributed by atoms with Crippen LogP contribution in [0.15, 0.2) is 24.3 Å². The van der Waals surface area contributed by atoms with E-state index in [9.17, 15) is 4.39 Å². The number of benzene rings is 1. The summed E-state index contributed by atoms with van der Waals surface area (Å²) in [5, 5.41) is 0.933. The zero-order valence-corrected chi connectivity index (χ0v) is 12.0. The molecule has 0 aliphatic carbocycles. The van der Waals surface area contributed by atoms with Crippen molar-refractivity contribution in [1.82, 2.24) is 4.98 Å². The second kappa shape index (κ2) is 6.08. The van der Waals surface area contributed by atoms with E-state index in [4.69, 9.17) is 22.7 Å². The zero-order chi connectivity index (χ0) is 13.8. The molecule has 0 saturated heterocycles. The van der Waals surface area contributed by atoms with Gasteiger partial charge < -0.3 is 10.5 Å². The summed E-state index contributed by atoms with van der Waals surface area (Å²) in [5.41, 5.74) is 6.45. The number of hydrogen-bond acceptors (Lipinski definition) is 4. The molecule has 1 aromatic carbocycles. The topological polar surface area (TPSA) is 48.1 Å². The van der Waals surface area contributed by atoms with Gasteiger partial charge >= 0.3 is 0 Å². The van der Waals surface area contributed by atoms with Gasteiger partial charge in [-0.2, -0.15) is 0 Å². The second-order valence-electron chi connectivity index (χ2n) is 3.94. The van der Waals surface area contributed by atoms with Crippen LogP contribution in [-0.4, -0.2) is 16.6 Å². The van der Waals surface area contributed by atoms with Gasteiger partial charge in [-0.25, -0.2) is 9.37 Å². The number of nitrogens with zero attached hydrogens (tertiary/aromatic N) is 1. The molecule has 1 aromatic heterocycles. The Kier molecular flexibility index (Phi) is 4.44. The van der Waals surface area contributed by atoms with E-state index in [2.05, 4.69) is 4.98 Å². The van der Waals surface area contributed by atoms with Crippen molar-refractivity contribution in [3.05, 3.63) is 45.7 Å². The van der Waals surface area contributed by atoms with Crippen LogP contribution in [0.25, 0.3) is 0 Å². The summed E-state index contributed by atoms with van der Waals surface area (Å²) in [6, 6.07) is 5.94. The number of aromatic nitrogens is 1. The lowest BCUT2D eigenvalue weighted by atomic mass is 10.3. The molecule has 0 atom stereocenters. The quantitative estimate of drug-likeness (QED) is 0.862. The molecule has 0 aliphatic heterocycles. The summed E-state index contributed by atoms with van der Waals surface area (Å²) in [6.07, 6.45) is 0.672. The predicted molar refractivity (Wildman–Crippen MR) is 78.3 cm³/mol. The number of ether oxygens (including phenoxy) is 1. The average molecular weight is 296 g/mol. The Morgan fingerprint density at radius 3 is 2.68 bits per heavy atom. The van der Waals surface area contributed by atoms with Gasteiger partial charge in [-0.05, 0) is 31.2 Å². The summed E-state index contributed by atoms with van der Waals surface area (Å²) >= 11 is 6.43. The van der Waals surface area contributed by atoms with Crippen molar-refractivity contribution in [2.24, 2.45) is 5.73 Å². The van der Waals surface area contributed by atoms with Crippen LogP contribution in [0.4, 0.5) is 4.39 Å². The molecule has 0 radical (unpaired) electrons. The van der Waals surface area contributed by atoms with Crippen LogP contribution in [0.2, 0.25) is 0 Å². The van der Waals surface area contributed by atoms with Gasteiger partial charge in [-0.15, -0.1) is 11.3 Å². The van der Waals surface area contributed by atoms with Gasteiger partial charge in [0.15, 0.2) is 0 Å². The first-order chi connectivity index (χ1) is 9.06. The van der Waals surface area contributed by atoms with Gasteiger partial charge in [0.05, 0.1) is 22.2 Å². The number of rotatable bonds is 5. The van der Waals surface area contributed by atoms with Crippen molar-refractivity contribution in [3.63, 3.8) is 0 Å². The Hall–Kier alpha value is -1.53. The maximum atomic E-state index is 12.7. The van der Waals surface area contributed by atoms with Crippen molar-refractivity contribution >= 4 is 28.5 Å². The fourth-order valence-electron chi connectivity index (χ4n) is 1.57. The van der Waals surface area contributed by atoms with Gasteiger partial charge in [0.1, 0.15) is 16.6 Å². The van der Waals surface area contributed by atoms with Gasteiger partial charge in [0.25, 0.3) is 0 Å². The summed E-state index contributed by atoms with van der Waals surface area (Å²) in [6.45, 7) is 2.37. The Labute approximate surface area is 120 Å². The monoisotopic (exact) mass is 296 g/mol. The molecular formula is C13H13FN2OS2. The van der Waals surface area contributed by atoms with Gasteiger partial charge in [-0.3, -0.25) is 0 Å². The molecule has 2 aromatic rings. The van der Waals surface area contributed by atoms with Gasteiger partial charge in [-0.1, -0.05) is 12.2 Å². The van der Waals surface area contributed by atoms with E-state index < -0.39 is 0 Å². The fourth-order valence-corrected chi connectivity index (χ4v) is 2.75. The van der Waals surface area contributed by atoms with Crippen LogP contribution >= 0.6 is 23.6 Å². The Morgan fingerprint density at radius 2 is 2.11 bits per heavy atom. The molecule has 0 bridgehead atoms. The minimum atomic E-state index is -0.274. The SMILES string of the molecule is Cc1nc(CCOc2ccc(F)cc2)sc1C(N)=S. The van der Waals surface area contributed by atoms with Crippen LogP contribution in [0.1, 0.15) is 15.6 Å². The maximum Gasteiger partial charge on any atom is 0.123 e. The third-order valence-electron chi connectivity index (χ3n) is 2.46. The summed E-state index contributed by atoms with van der Waals surface area (Å²) in [7, 11) is 0. The number of halogens is 1. The van der Waals surface area contributed by atoms with Crippen LogP contribution in [0, 0.1) is 12.7 Å². The first-order valence-electron chi connectivity index (χ1n) is 5.70. The Morgan fingerprint density at radius 1 is 1.42 bits per heavy atom. The summed E-state index contributed by atoms with van der Waals surface area (Å²) in [5.74, 6) is 0.369. The molecule has 19 heavy (non-hydrogen) atoms. The van der Waals surface area contributed by atoms with Crippen molar-refractivity contribution < 1.29 is 9.13 Å². The lowest BCUT2D eigenvalue weighted by Crippen LogP contribution is -2.08. The van der Waals surface area contributed by atoms with Gasteiger partial charge in [0.2, 0.25) is 0 Å². The molecule has 3 nitrogen and oxygen atoms in total. The van der Waals surface area contributed by atoms with Crippen LogP contribution in [-0.2, 0) is 6.42 Å². The van der Waals surface area contributed by atoms with Crippen molar-refractivity contribution in [3.8, 4) is 5.75 Å². The standard InChI is InChI=1S/C13H13FN2OS2/c1-8-12(13(15)18)19-11(16-8)6-7-17-10-4-2-9(14)3-5-10/h2-5H,6-7H2,1H3,(H2,15,18).